The number of guanidine groups is 1. The Bertz CT molecular complexity index is 862. The van der Waals surface area contributed by atoms with Gasteiger partial charge in [0, 0.05) is 44.5 Å². The third-order valence-corrected chi connectivity index (χ3v) is 5.99. The van der Waals surface area contributed by atoms with Gasteiger partial charge in [-0.05, 0) is 47.9 Å². The van der Waals surface area contributed by atoms with E-state index in [0.29, 0.717) is 6.42 Å². The van der Waals surface area contributed by atoms with Crippen LogP contribution in [0.15, 0.2) is 52.4 Å². The predicted octanol–water partition coefficient (Wildman–Crippen LogP) is 4.32. The molecule has 0 unspecified atom stereocenters. The third-order valence-electron chi connectivity index (χ3n) is 5.17. The van der Waals surface area contributed by atoms with Crippen molar-refractivity contribution in [3.63, 3.8) is 0 Å². The van der Waals surface area contributed by atoms with Crippen LogP contribution < -0.4 is 10.6 Å². The van der Waals surface area contributed by atoms with E-state index in [1.807, 2.05) is 17.0 Å². The molecule has 2 N–H and O–H groups in total. The van der Waals surface area contributed by atoms with Crippen LogP contribution in [0.4, 0.5) is 0 Å². The van der Waals surface area contributed by atoms with Gasteiger partial charge in [-0.15, -0.1) is 35.7 Å². The summed E-state index contributed by atoms with van der Waals surface area (Å²) in [5.74, 6) is 0.980. The number of nitrogens with one attached hydrogen (secondary N) is 2. The second kappa shape index (κ2) is 12.2. The number of thioether (sulfide) groups is 1. The third kappa shape index (κ3) is 6.63. The molecule has 1 amide bonds. The Balaban J connectivity index is 0.00000320. The van der Waals surface area contributed by atoms with Crippen LogP contribution in [0.25, 0.3) is 0 Å². The molecule has 0 aliphatic carbocycles. The molecule has 0 fully saturated rings. The fraction of sp³-hybridized carbons (Fsp3) is 0.391. The Morgan fingerprint density at radius 3 is 2.47 bits per heavy atom. The van der Waals surface area contributed by atoms with Crippen molar-refractivity contribution in [1.82, 2.24) is 15.5 Å². The minimum atomic E-state index is 0. The lowest BCUT2D eigenvalue weighted by Gasteiger charge is -2.16. The number of hydrogen-bond donors (Lipinski definition) is 2. The predicted molar refractivity (Wildman–Crippen MR) is 137 cm³/mol. The van der Waals surface area contributed by atoms with Gasteiger partial charge in [0.2, 0.25) is 5.91 Å². The van der Waals surface area contributed by atoms with Gasteiger partial charge in [0.25, 0.3) is 0 Å². The van der Waals surface area contributed by atoms with Crippen molar-refractivity contribution in [2.45, 2.75) is 44.3 Å². The quantitative estimate of drug-likeness (QED) is 0.181. The first-order valence-electron chi connectivity index (χ1n) is 10.0. The van der Waals surface area contributed by atoms with E-state index in [0.717, 1.165) is 38.6 Å². The van der Waals surface area contributed by atoms with Crippen molar-refractivity contribution in [1.29, 1.82) is 0 Å². The second-order valence-electron chi connectivity index (χ2n) is 7.29. The summed E-state index contributed by atoms with van der Waals surface area (Å²) >= 11 is 1.76. The van der Waals surface area contributed by atoms with Gasteiger partial charge in [-0.1, -0.05) is 36.4 Å². The first-order chi connectivity index (χ1) is 14.1. The zero-order chi connectivity index (χ0) is 20.6. The minimum absolute atomic E-state index is 0. The van der Waals surface area contributed by atoms with Gasteiger partial charge in [-0.3, -0.25) is 9.79 Å². The van der Waals surface area contributed by atoms with E-state index in [4.69, 9.17) is 0 Å². The maximum absolute atomic E-state index is 12.5. The highest BCUT2D eigenvalue weighted by atomic mass is 127. The molecule has 1 aliphatic heterocycles. The van der Waals surface area contributed by atoms with Crippen molar-refractivity contribution in [3.8, 4) is 0 Å². The molecule has 0 saturated carbocycles. The number of nitrogens with zero attached hydrogens (tertiary/aromatic N) is 2. The Hall–Kier alpha value is -1.74. The van der Waals surface area contributed by atoms with Crippen molar-refractivity contribution < 1.29 is 4.79 Å². The summed E-state index contributed by atoms with van der Waals surface area (Å²) in [4.78, 5) is 20.0. The average molecular weight is 538 g/mol. The SMILES string of the molecule is CN=C(NCCCC(=O)N1Cc2ccccc2C1)NCc1ccc(C)cc1SC.I. The normalized spacial score (nSPS) is 12.9. The van der Waals surface area contributed by atoms with Crippen LogP contribution in [0, 0.1) is 6.92 Å². The van der Waals surface area contributed by atoms with Gasteiger partial charge >= 0.3 is 0 Å². The van der Waals surface area contributed by atoms with Crippen LogP contribution in [0.1, 0.15) is 35.1 Å². The number of fused-ring (bicyclic) bond motifs is 1. The molecule has 2 aromatic rings. The van der Waals surface area contributed by atoms with E-state index in [1.165, 1.54) is 27.1 Å². The number of benzene rings is 2. The van der Waals surface area contributed by atoms with Crippen LogP contribution in [0.5, 0.6) is 0 Å². The highest BCUT2D eigenvalue weighted by Gasteiger charge is 2.22. The van der Waals surface area contributed by atoms with Crippen LogP contribution in [0.2, 0.25) is 0 Å². The maximum atomic E-state index is 12.5. The molecule has 0 spiro atoms. The Labute approximate surface area is 201 Å². The number of aliphatic imine (C=N–C) groups is 1. The smallest absolute Gasteiger partial charge is 0.223 e. The Kier molecular flexibility index (Phi) is 9.97. The van der Waals surface area contributed by atoms with E-state index in [1.54, 1.807) is 18.8 Å². The molecule has 1 heterocycles. The molecule has 5 nitrogen and oxygen atoms in total. The van der Waals surface area contributed by atoms with Gasteiger partial charge in [-0.25, -0.2) is 0 Å². The summed E-state index contributed by atoms with van der Waals surface area (Å²) < 4.78 is 0. The molecule has 0 bridgehead atoms. The molecule has 30 heavy (non-hydrogen) atoms. The molecular weight excluding hydrogens is 507 g/mol. The van der Waals surface area contributed by atoms with E-state index in [9.17, 15) is 4.79 Å². The lowest BCUT2D eigenvalue weighted by atomic mass is 10.1. The minimum Gasteiger partial charge on any atom is -0.356 e. The first-order valence-corrected chi connectivity index (χ1v) is 11.3. The summed E-state index contributed by atoms with van der Waals surface area (Å²) in [6.07, 6.45) is 3.43. The topological polar surface area (TPSA) is 56.7 Å². The molecule has 0 aromatic heterocycles. The summed E-state index contributed by atoms with van der Waals surface area (Å²) in [5, 5.41) is 6.68. The number of aryl methyl sites for hydroxylation is 1. The molecule has 0 atom stereocenters. The van der Waals surface area contributed by atoms with Crippen LogP contribution >= 0.6 is 35.7 Å². The lowest BCUT2D eigenvalue weighted by Crippen LogP contribution is -2.37. The number of hydrogen-bond acceptors (Lipinski definition) is 3. The Morgan fingerprint density at radius 2 is 1.83 bits per heavy atom. The average Bonchev–Trinajstić information content (AvgIpc) is 3.18. The highest BCUT2D eigenvalue weighted by Crippen LogP contribution is 2.23. The van der Waals surface area contributed by atoms with Crippen molar-refractivity contribution in [3.05, 3.63) is 64.7 Å². The van der Waals surface area contributed by atoms with Gasteiger partial charge in [0.15, 0.2) is 5.96 Å². The molecule has 1 aliphatic rings. The summed E-state index contributed by atoms with van der Waals surface area (Å²) in [5.41, 5.74) is 5.06. The molecule has 0 saturated heterocycles. The molecule has 3 rings (SSSR count). The van der Waals surface area contributed by atoms with Crippen molar-refractivity contribution >= 4 is 47.6 Å². The second-order valence-corrected chi connectivity index (χ2v) is 8.14. The van der Waals surface area contributed by atoms with Crippen LogP contribution in [0.3, 0.4) is 0 Å². The summed E-state index contributed by atoms with van der Waals surface area (Å²) in [6.45, 7) is 5.02. The van der Waals surface area contributed by atoms with Gasteiger partial charge in [0.1, 0.15) is 0 Å². The van der Waals surface area contributed by atoms with Gasteiger partial charge in [-0.2, -0.15) is 0 Å². The molecule has 2 aromatic carbocycles. The van der Waals surface area contributed by atoms with Gasteiger partial charge in [0.05, 0.1) is 0 Å². The molecule has 7 heteroatoms. The van der Waals surface area contributed by atoms with Gasteiger partial charge < -0.3 is 15.5 Å². The van der Waals surface area contributed by atoms with E-state index in [2.05, 4.69) is 59.1 Å². The van der Waals surface area contributed by atoms with Crippen LogP contribution in [-0.2, 0) is 24.4 Å². The van der Waals surface area contributed by atoms with E-state index >= 15 is 0 Å². The number of carbonyl (C=O) groups is 1. The summed E-state index contributed by atoms with van der Waals surface area (Å²) in [6, 6.07) is 14.8. The monoisotopic (exact) mass is 538 g/mol. The van der Waals surface area contributed by atoms with Crippen molar-refractivity contribution in [2.75, 3.05) is 19.8 Å². The fourth-order valence-electron chi connectivity index (χ4n) is 3.51. The number of carbonyl (C=O) groups excluding carboxylic acids is 1. The molecule has 0 radical (unpaired) electrons. The number of rotatable bonds is 7. The molecule has 162 valence electrons. The van der Waals surface area contributed by atoms with E-state index < -0.39 is 0 Å². The Morgan fingerprint density at radius 1 is 1.13 bits per heavy atom. The largest absolute Gasteiger partial charge is 0.356 e. The zero-order valence-corrected chi connectivity index (χ0v) is 21.1. The standard InChI is InChI=1S/C23H30N4OS.HI/c1-17-10-11-18(21(13-17)29-3)14-26-23(24-2)25-12-6-9-22(28)27-15-19-7-4-5-8-20(19)16-27;/h4-5,7-8,10-11,13H,6,9,12,14-16H2,1-3H3,(H2,24,25,26);1H. The molecular formula is C23H31IN4OS. The first kappa shape index (κ1) is 24.5. The highest BCUT2D eigenvalue weighted by molar-refractivity contribution is 14.0. The van der Waals surface area contributed by atoms with Crippen LogP contribution in [-0.4, -0.2) is 36.6 Å². The van der Waals surface area contributed by atoms with Crippen molar-refractivity contribution in [2.24, 2.45) is 4.99 Å². The summed E-state index contributed by atoms with van der Waals surface area (Å²) in [7, 11) is 1.77. The van der Waals surface area contributed by atoms with E-state index in [-0.39, 0.29) is 29.9 Å². The lowest BCUT2D eigenvalue weighted by molar-refractivity contribution is -0.131. The maximum Gasteiger partial charge on any atom is 0.223 e. The number of amides is 1. The fourth-order valence-corrected chi connectivity index (χ4v) is 4.22. The zero-order valence-electron chi connectivity index (χ0n) is 17.9. The number of halogens is 1.